The van der Waals surface area contributed by atoms with Gasteiger partial charge in [0.2, 0.25) is 0 Å². The molecule has 0 radical (unpaired) electrons. The maximum Gasteiger partial charge on any atom is 0.254 e. The summed E-state index contributed by atoms with van der Waals surface area (Å²) in [7, 11) is 2.09. The van der Waals surface area contributed by atoms with Crippen molar-refractivity contribution in [3.05, 3.63) is 34.9 Å². The predicted molar refractivity (Wildman–Crippen MR) is 109 cm³/mol. The second-order valence-corrected chi connectivity index (χ2v) is 8.51. The van der Waals surface area contributed by atoms with Crippen molar-refractivity contribution in [3.8, 4) is 11.3 Å². The molecule has 2 atom stereocenters. The molecule has 2 aliphatic heterocycles. The highest BCUT2D eigenvalue weighted by Gasteiger charge is 2.32. The molecule has 29 heavy (non-hydrogen) atoms. The zero-order valence-electron chi connectivity index (χ0n) is 16.7. The molecule has 4 N–H and O–H groups in total. The summed E-state index contributed by atoms with van der Waals surface area (Å²) in [5, 5.41) is 6.02. The van der Waals surface area contributed by atoms with Crippen LogP contribution in [0.1, 0.15) is 47.3 Å². The summed E-state index contributed by atoms with van der Waals surface area (Å²) in [6.07, 6.45) is 6.04. The van der Waals surface area contributed by atoms with Crippen molar-refractivity contribution in [2.24, 2.45) is 5.73 Å². The SMILES string of the molecule is CN1CCn2cc(-c3nc(NC4CCCCC4N)c(F)c4c3C(=O)NC4)cc2C1. The molecule has 2 unspecified atom stereocenters. The van der Waals surface area contributed by atoms with Crippen LogP contribution in [0, 0.1) is 5.82 Å². The summed E-state index contributed by atoms with van der Waals surface area (Å²) < 4.78 is 17.4. The number of aromatic nitrogens is 2. The van der Waals surface area contributed by atoms with Crippen LogP contribution in [-0.4, -0.2) is 46.0 Å². The van der Waals surface area contributed by atoms with Crippen LogP contribution >= 0.6 is 0 Å². The van der Waals surface area contributed by atoms with E-state index in [1.807, 2.05) is 6.20 Å². The summed E-state index contributed by atoms with van der Waals surface area (Å²) in [4.78, 5) is 19.4. The van der Waals surface area contributed by atoms with Gasteiger partial charge in [0.25, 0.3) is 5.91 Å². The zero-order chi connectivity index (χ0) is 20.1. The Balaban J connectivity index is 1.58. The van der Waals surface area contributed by atoms with Crippen molar-refractivity contribution in [1.29, 1.82) is 0 Å². The highest BCUT2D eigenvalue weighted by Crippen LogP contribution is 2.35. The smallest absolute Gasteiger partial charge is 0.254 e. The van der Waals surface area contributed by atoms with E-state index in [4.69, 9.17) is 5.73 Å². The molecule has 154 valence electrons. The number of nitrogens with zero attached hydrogens (tertiary/aromatic N) is 3. The number of carbonyl (C=O) groups is 1. The van der Waals surface area contributed by atoms with Gasteiger partial charge in [0, 0.05) is 61.3 Å². The average molecular weight is 398 g/mol. The molecule has 1 fully saturated rings. The van der Waals surface area contributed by atoms with E-state index in [9.17, 15) is 4.79 Å². The van der Waals surface area contributed by atoms with Crippen LogP contribution in [0.5, 0.6) is 0 Å². The molecule has 0 aromatic carbocycles. The number of hydrogen-bond donors (Lipinski definition) is 3. The average Bonchev–Trinajstić information content (AvgIpc) is 3.29. The monoisotopic (exact) mass is 398 g/mol. The lowest BCUT2D eigenvalue weighted by Crippen LogP contribution is -2.43. The van der Waals surface area contributed by atoms with Gasteiger partial charge in [-0.05, 0) is 26.0 Å². The van der Waals surface area contributed by atoms with Gasteiger partial charge in [-0.25, -0.2) is 9.37 Å². The first-order valence-corrected chi connectivity index (χ1v) is 10.4. The molecular formula is C21H27FN6O. The number of rotatable bonds is 3. The van der Waals surface area contributed by atoms with Crippen LogP contribution in [0.4, 0.5) is 10.2 Å². The van der Waals surface area contributed by atoms with Crippen LogP contribution < -0.4 is 16.4 Å². The van der Waals surface area contributed by atoms with Crippen molar-refractivity contribution >= 4 is 11.7 Å². The number of anilines is 1. The summed E-state index contributed by atoms with van der Waals surface area (Å²) in [6, 6.07) is 2.05. The first-order chi connectivity index (χ1) is 14.0. The Kier molecular flexibility index (Phi) is 4.55. The molecule has 5 rings (SSSR count). The van der Waals surface area contributed by atoms with Gasteiger partial charge in [0.05, 0.1) is 11.3 Å². The highest BCUT2D eigenvalue weighted by atomic mass is 19.1. The highest BCUT2D eigenvalue weighted by molar-refractivity contribution is 6.04. The van der Waals surface area contributed by atoms with E-state index in [0.29, 0.717) is 16.8 Å². The number of pyridine rings is 1. The fourth-order valence-electron chi connectivity index (χ4n) is 4.76. The topological polar surface area (TPSA) is 88.2 Å². The third-order valence-electron chi connectivity index (χ3n) is 6.44. The van der Waals surface area contributed by atoms with Crippen LogP contribution in [0.3, 0.4) is 0 Å². The Morgan fingerprint density at radius 1 is 1.31 bits per heavy atom. The van der Waals surface area contributed by atoms with Crippen molar-refractivity contribution in [2.45, 2.75) is 57.4 Å². The number of hydrogen-bond acceptors (Lipinski definition) is 5. The Morgan fingerprint density at radius 2 is 2.14 bits per heavy atom. The second-order valence-electron chi connectivity index (χ2n) is 8.51. The number of amides is 1. The molecular weight excluding hydrogens is 371 g/mol. The number of carbonyl (C=O) groups excluding carboxylic acids is 1. The zero-order valence-corrected chi connectivity index (χ0v) is 16.7. The lowest BCUT2D eigenvalue weighted by molar-refractivity contribution is 0.0966. The number of nitrogens with one attached hydrogen (secondary N) is 2. The normalized spacial score (nSPS) is 24.2. The molecule has 1 amide bonds. The fourth-order valence-corrected chi connectivity index (χ4v) is 4.76. The van der Waals surface area contributed by atoms with Crippen LogP contribution in [0.15, 0.2) is 12.3 Å². The largest absolute Gasteiger partial charge is 0.363 e. The minimum atomic E-state index is -0.441. The Hall–Kier alpha value is -2.45. The van der Waals surface area contributed by atoms with Crippen LogP contribution in [-0.2, 0) is 19.6 Å². The lowest BCUT2D eigenvalue weighted by atomic mass is 9.91. The van der Waals surface area contributed by atoms with Gasteiger partial charge in [-0.2, -0.15) is 0 Å². The van der Waals surface area contributed by atoms with Crippen LogP contribution in [0.2, 0.25) is 0 Å². The Labute approximate surface area is 169 Å². The third kappa shape index (κ3) is 3.20. The maximum atomic E-state index is 15.2. The fraction of sp³-hybridized carbons (Fsp3) is 0.524. The van der Waals surface area contributed by atoms with E-state index < -0.39 is 5.82 Å². The Bertz CT molecular complexity index is 971. The van der Waals surface area contributed by atoms with Gasteiger partial charge in [-0.1, -0.05) is 12.8 Å². The predicted octanol–water partition coefficient (Wildman–Crippen LogP) is 2.06. The Morgan fingerprint density at radius 3 is 2.97 bits per heavy atom. The molecule has 0 bridgehead atoms. The summed E-state index contributed by atoms with van der Waals surface area (Å²) >= 11 is 0. The summed E-state index contributed by atoms with van der Waals surface area (Å²) in [5.41, 5.74) is 9.59. The van der Waals surface area contributed by atoms with Crippen molar-refractivity contribution in [2.75, 3.05) is 18.9 Å². The van der Waals surface area contributed by atoms with Crippen molar-refractivity contribution in [3.63, 3.8) is 0 Å². The first-order valence-electron chi connectivity index (χ1n) is 10.4. The number of likely N-dealkylation sites (N-methyl/N-ethyl adjacent to an activating group) is 1. The maximum absolute atomic E-state index is 15.2. The minimum absolute atomic E-state index is 0.00222. The molecule has 2 aromatic heterocycles. The molecule has 8 heteroatoms. The van der Waals surface area contributed by atoms with E-state index in [0.717, 1.165) is 50.9 Å². The third-order valence-corrected chi connectivity index (χ3v) is 6.44. The van der Waals surface area contributed by atoms with Gasteiger partial charge >= 0.3 is 0 Å². The molecule has 1 aliphatic carbocycles. The van der Waals surface area contributed by atoms with E-state index in [1.54, 1.807) is 0 Å². The van der Waals surface area contributed by atoms with Gasteiger partial charge in [0.15, 0.2) is 11.6 Å². The van der Waals surface area contributed by atoms with E-state index in [1.165, 1.54) is 5.69 Å². The molecule has 3 aliphatic rings. The first kappa shape index (κ1) is 18.6. The van der Waals surface area contributed by atoms with E-state index in [2.05, 4.69) is 38.2 Å². The molecule has 1 saturated carbocycles. The standard InChI is InChI=1S/C21H27FN6O/c1-27-6-7-28-10-12(8-13(28)11-27)19-17-14(9-24-21(17)29)18(22)20(26-19)25-16-5-3-2-4-15(16)23/h8,10,15-16H,2-7,9,11,23H2,1H3,(H,24,29)(H,25,26). The molecule has 0 saturated heterocycles. The van der Waals surface area contributed by atoms with Gasteiger partial charge in [-0.15, -0.1) is 0 Å². The summed E-state index contributed by atoms with van der Waals surface area (Å²) in [6.45, 7) is 2.90. The van der Waals surface area contributed by atoms with Crippen molar-refractivity contribution < 1.29 is 9.18 Å². The molecule has 2 aromatic rings. The van der Waals surface area contributed by atoms with Crippen molar-refractivity contribution in [1.82, 2.24) is 19.8 Å². The van der Waals surface area contributed by atoms with E-state index >= 15 is 4.39 Å². The van der Waals surface area contributed by atoms with Crippen LogP contribution in [0.25, 0.3) is 11.3 Å². The number of halogens is 1. The quantitative estimate of drug-likeness (QED) is 0.737. The van der Waals surface area contributed by atoms with E-state index in [-0.39, 0.29) is 30.4 Å². The number of fused-ring (bicyclic) bond motifs is 2. The molecule has 4 heterocycles. The lowest BCUT2D eigenvalue weighted by Gasteiger charge is -2.30. The van der Waals surface area contributed by atoms with Gasteiger partial charge < -0.3 is 20.9 Å². The second kappa shape index (κ2) is 7.11. The number of nitrogens with two attached hydrogens (primary N) is 1. The minimum Gasteiger partial charge on any atom is -0.363 e. The van der Waals surface area contributed by atoms with Gasteiger partial charge in [-0.3, -0.25) is 9.69 Å². The molecule has 0 spiro atoms. The summed E-state index contributed by atoms with van der Waals surface area (Å²) in [5.74, 6) is -0.494. The molecule has 7 nitrogen and oxygen atoms in total. The van der Waals surface area contributed by atoms with Gasteiger partial charge in [0.1, 0.15) is 0 Å².